The van der Waals surface area contributed by atoms with Crippen molar-refractivity contribution in [3.8, 4) is 5.75 Å². The molecule has 0 aromatic carbocycles. The number of carboxylic acid groups (broad SMARTS) is 1. The van der Waals surface area contributed by atoms with Crippen LogP contribution < -0.4 is 10.3 Å². The maximum Gasteiger partial charge on any atom is 0.290 e. The molecular formula is C12H14N2O4. The summed E-state index contributed by atoms with van der Waals surface area (Å²) in [5, 5.41) is 6.89. The normalized spacial score (nSPS) is 9.44. The lowest BCUT2D eigenvalue weighted by molar-refractivity contribution is -0.122. The molecule has 1 N–H and O–H groups in total. The lowest BCUT2D eigenvalue weighted by Gasteiger charge is -2.07. The predicted octanol–water partition coefficient (Wildman–Crippen LogP) is 1.13. The Morgan fingerprint density at radius 1 is 1.50 bits per heavy atom. The average Bonchev–Trinajstić information content (AvgIpc) is 2.39. The van der Waals surface area contributed by atoms with Crippen LogP contribution in [0.25, 0.3) is 11.0 Å². The van der Waals surface area contributed by atoms with E-state index in [1.807, 2.05) is 13.0 Å². The zero-order valence-electron chi connectivity index (χ0n) is 10.2. The van der Waals surface area contributed by atoms with Gasteiger partial charge in [-0.1, -0.05) is 0 Å². The molecule has 0 saturated carbocycles. The van der Waals surface area contributed by atoms with Gasteiger partial charge in [0, 0.05) is 18.7 Å². The Labute approximate surface area is 103 Å². The number of methoxy groups -OCH3 is 1. The van der Waals surface area contributed by atoms with E-state index in [4.69, 9.17) is 14.6 Å². The fourth-order valence-electron chi connectivity index (χ4n) is 1.59. The molecule has 0 radical (unpaired) electrons. The van der Waals surface area contributed by atoms with Crippen LogP contribution in [0, 0.1) is 0 Å². The number of pyridine rings is 2. The maximum atomic E-state index is 11.6. The van der Waals surface area contributed by atoms with Crippen LogP contribution in [0.2, 0.25) is 0 Å². The molecule has 0 aliphatic carbocycles. The van der Waals surface area contributed by atoms with Gasteiger partial charge in [-0.2, -0.15) is 0 Å². The summed E-state index contributed by atoms with van der Waals surface area (Å²) < 4.78 is 6.76. The number of nitrogens with zero attached hydrogens (tertiary/aromatic N) is 2. The molecule has 18 heavy (non-hydrogen) atoms. The topological polar surface area (TPSA) is 81.4 Å². The van der Waals surface area contributed by atoms with E-state index in [9.17, 15) is 4.79 Å². The van der Waals surface area contributed by atoms with Crippen molar-refractivity contribution < 1.29 is 14.6 Å². The zero-order valence-corrected chi connectivity index (χ0v) is 10.2. The number of hydrogen-bond donors (Lipinski definition) is 1. The highest BCUT2D eigenvalue weighted by atomic mass is 16.5. The molecule has 0 amide bonds. The summed E-state index contributed by atoms with van der Waals surface area (Å²) in [7, 11) is 1.58. The molecule has 6 nitrogen and oxygen atoms in total. The van der Waals surface area contributed by atoms with Crippen molar-refractivity contribution in [1.29, 1.82) is 0 Å². The molecule has 0 fully saturated rings. The minimum absolute atomic E-state index is 0.0138. The van der Waals surface area contributed by atoms with Gasteiger partial charge < -0.3 is 14.4 Å². The van der Waals surface area contributed by atoms with E-state index in [0.29, 0.717) is 12.3 Å². The number of rotatable bonds is 2. The molecule has 0 spiro atoms. The standard InChI is InChI=1S/C11H12N2O2.CH2O2/c1-3-13-10-6-8(15-2)7-12-9(10)4-5-11(13)14;2-1-3/h4-7H,3H2,1-2H3;1H,(H,2,3). The van der Waals surface area contributed by atoms with E-state index in [-0.39, 0.29) is 12.0 Å². The third-order valence-electron chi connectivity index (χ3n) is 2.36. The molecule has 6 heteroatoms. The minimum atomic E-state index is -0.250. The van der Waals surface area contributed by atoms with Gasteiger partial charge in [-0.3, -0.25) is 14.6 Å². The second-order valence-electron chi connectivity index (χ2n) is 3.30. The largest absolute Gasteiger partial charge is 0.495 e. The van der Waals surface area contributed by atoms with E-state index < -0.39 is 0 Å². The molecule has 0 bridgehead atoms. The average molecular weight is 250 g/mol. The smallest absolute Gasteiger partial charge is 0.290 e. The highest BCUT2D eigenvalue weighted by molar-refractivity contribution is 5.75. The summed E-state index contributed by atoms with van der Waals surface area (Å²) in [5.41, 5.74) is 1.60. The fraction of sp³-hybridized carbons (Fsp3) is 0.250. The molecule has 0 saturated heterocycles. The van der Waals surface area contributed by atoms with Crippen LogP contribution in [0.4, 0.5) is 0 Å². The number of hydrogen-bond acceptors (Lipinski definition) is 4. The Morgan fingerprint density at radius 2 is 2.17 bits per heavy atom. The molecule has 2 heterocycles. The van der Waals surface area contributed by atoms with Crippen LogP contribution in [0.1, 0.15) is 6.92 Å². The van der Waals surface area contributed by atoms with Gasteiger partial charge in [0.2, 0.25) is 0 Å². The second-order valence-corrected chi connectivity index (χ2v) is 3.30. The minimum Gasteiger partial charge on any atom is -0.495 e. The molecule has 0 atom stereocenters. The van der Waals surface area contributed by atoms with Gasteiger partial charge in [0.05, 0.1) is 24.3 Å². The van der Waals surface area contributed by atoms with Gasteiger partial charge in [-0.15, -0.1) is 0 Å². The van der Waals surface area contributed by atoms with Crippen LogP contribution in [0.3, 0.4) is 0 Å². The van der Waals surface area contributed by atoms with E-state index >= 15 is 0 Å². The number of carbonyl (C=O) groups is 1. The van der Waals surface area contributed by atoms with Crippen molar-refractivity contribution in [2.24, 2.45) is 0 Å². The van der Waals surface area contributed by atoms with Gasteiger partial charge in [0.15, 0.2) is 0 Å². The Kier molecular flexibility index (Phi) is 4.86. The molecule has 2 rings (SSSR count). The van der Waals surface area contributed by atoms with Crippen LogP contribution >= 0.6 is 0 Å². The summed E-state index contributed by atoms with van der Waals surface area (Å²) in [6.45, 7) is 2.31. The van der Waals surface area contributed by atoms with Crippen LogP contribution in [-0.2, 0) is 11.3 Å². The van der Waals surface area contributed by atoms with Crippen molar-refractivity contribution in [2.75, 3.05) is 7.11 Å². The second kappa shape index (κ2) is 6.39. The lowest BCUT2D eigenvalue weighted by atomic mass is 10.3. The van der Waals surface area contributed by atoms with Gasteiger partial charge in [0.1, 0.15) is 5.75 Å². The number of ether oxygens (including phenoxy) is 1. The molecule has 96 valence electrons. The highest BCUT2D eigenvalue weighted by Gasteiger charge is 2.03. The predicted molar refractivity (Wildman–Crippen MR) is 66.9 cm³/mol. The Hall–Kier alpha value is -2.37. The first-order valence-corrected chi connectivity index (χ1v) is 5.29. The molecule has 2 aromatic rings. The summed E-state index contributed by atoms with van der Waals surface area (Å²) in [6, 6.07) is 5.09. The Morgan fingerprint density at radius 3 is 2.72 bits per heavy atom. The van der Waals surface area contributed by atoms with Crippen LogP contribution in [0.5, 0.6) is 5.75 Å². The quantitative estimate of drug-likeness (QED) is 0.808. The van der Waals surface area contributed by atoms with Crippen molar-refractivity contribution in [1.82, 2.24) is 9.55 Å². The van der Waals surface area contributed by atoms with Crippen LogP contribution in [0.15, 0.2) is 29.2 Å². The molecule has 0 aliphatic heterocycles. The monoisotopic (exact) mass is 250 g/mol. The van der Waals surface area contributed by atoms with Crippen LogP contribution in [-0.4, -0.2) is 28.2 Å². The Balaban J connectivity index is 0.000000492. The number of aryl methyl sites for hydroxylation is 1. The van der Waals surface area contributed by atoms with E-state index in [2.05, 4.69) is 4.98 Å². The van der Waals surface area contributed by atoms with Gasteiger partial charge in [-0.05, 0) is 13.0 Å². The van der Waals surface area contributed by atoms with E-state index in [0.717, 1.165) is 11.0 Å². The Bertz CT molecular complexity index is 592. The first-order valence-electron chi connectivity index (χ1n) is 5.29. The lowest BCUT2D eigenvalue weighted by Crippen LogP contribution is -2.18. The fourth-order valence-corrected chi connectivity index (χ4v) is 1.59. The maximum absolute atomic E-state index is 11.6. The highest BCUT2D eigenvalue weighted by Crippen LogP contribution is 2.16. The van der Waals surface area contributed by atoms with Crippen molar-refractivity contribution in [3.63, 3.8) is 0 Å². The summed E-state index contributed by atoms with van der Waals surface area (Å²) >= 11 is 0. The van der Waals surface area contributed by atoms with Gasteiger partial charge >= 0.3 is 0 Å². The van der Waals surface area contributed by atoms with Gasteiger partial charge in [0.25, 0.3) is 12.0 Å². The van der Waals surface area contributed by atoms with Crippen molar-refractivity contribution in [2.45, 2.75) is 13.5 Å². The third-order valence-corrected chi connectivity index (χ3v) is 2.36. The first-order chi connectivity index (χ1) is 8.67. The summed E-state index contributed by atoms with van der Waals surface area (Å²) in [6.07, 6.45) is 1.65. The molecular weight excluding hydrogens is 236 g/mol. The van der Waals surface area contributed by atoms with E-state index in [1.54, 1.807) is 23.9 Å². The number of fused-ring (bicyclic) bond motifs is 1. The molecule has 0 aliphatic rings. The SMILES string of the molecule is CCn1c(=O)ccc2ncc(OC)cc21.O=CO. The van der Waals surface area contributed by atoms with Gasteiger partial charge in [-0.25, -0.2) is 0 Å². The zero-order chi connectivity index (χ0) is 13.5. The molecule has 0 unspecified atom stereocenters. The molecule has 2 aromatic heterocycles. The summed E-state index contributed by atoms with van der Waals surface area (Å²) in [5.74, 6) is 0.662. The third kappa shape index (κ3) is 2.85. The first kappa shape index (κ1) is 13.7. The van der Waals surface area contributed by atoms with Crippen molar-refractivity contribution in [3.05, 3.63) is 34.7 Å². The number of aromatic nitrogens is 2. The summed E-state index contributed by atoms with van der Waals surface area (Å²) in [4.78, 5) is 24.1. The van der Waals surface area contributed by atoms with Crippen molar-refractivity contribution >= 4 is 17.5 Å². The van der Waals surface area contributed by atoms with E-state index in [1.165, 1.54) is 6.07 Å².